The third kappa shape index (κ3) is 4.52. The van der Waals surface area contributed by atoms with E-state index < -0.39 is 0 Å². The van der Waals surface area contributed by atoms with E-state index in [0.717, 1.165) is 12.8 Å². The van der Waals surface area contributed by atoms with Crippen molar-refractivity contribution in [3.05, 3.63) is 47.5 Å². The van der Waals surface area contributed by atoms with Gasteiger partial charge in [0.25, 0.3) is 0 Å². The van der Waals surface area contributed by atoms with Crippen LogP contribution in [-0.4, -0.2) is 29.3 Å². The number of ether oxygens (including phenoxy) is 1. The predicted molar refractivity (Wildman–Crippen MR) is 92.7 cm³/mol. The lowest BCUT2D eigenvalue weighted by Crippen LogP contribution is -2.28. The fraction of sp³-hybridized carbons (Fsp3) is 0.389. The smallest absolute Gasteiger partial charge is 0.228 e. The Labute approximate surface area is 141 Å². The number of anilines is 2. The van der Waals surface area contributed by atoms with Gasteiger partial charge in [0, 0.05) is 25.7 Å². The first-order valence-electron chi connectivity index (χ1n) is 8.22. The lowest BCUT2D eigenvalue weighted by molar-refractivity contribution is -0.122. The summed E-state index contributed by atoms with van der Waals surface area (Å²) in [6.07, 6.45) is 1.52. The van der Waals surface area contributed by atoms with E-state index in [1.54, 1.807) is 6.07 Å². The fourth-order valence-electron chi connectivity index (χ4n) is 2.58. The van der Waals surface area contributed by atoms with Crippen LogP contribution < -0.4 is 10.6 Å². The monoisotopic (exact) mass is 326 g/mol. The van der Waals surface area contributed by atoms with E-state index in [1.807, 2.05) is 6.07 Å². The predicted octanol–water partition coefficient (Wildman–Crippen LogP) is 2.76. The number of carbonyl (C=O) groups is 1. The number of carbonyl (C=O) groups excluding carboxylic acids is 1. The summed E-state index contributed by atoms with van der Waals surface area (Å²) in [4.78, 5) is 12.1. The first-order chi connectivity index (χ1) is 11.7. The lowest BCUT2D eigenvalue weighted by Gasteiger charge is -2.20. The minimum atomic E-state index is -0.00651. The number of aromatic nitrogens is 2. The van der Waals surface area contributed by atoms with Crippen molar-refractivity contribution in [2.45, 2.75) is 26.3 Å². The molecule has 2 N–H and O–H groups in total. The fourth-order valence-corrected chi connectivity index (χ4v) is 2.58. The van der Waals surface area contributed by atoms with Gasteiger partial charge in [0.1, 0.15) is 5.82 Å². The Balaban J connectivity index is 1.51. The van der Waals surface area contributed by atoms with E-state index >= 15 is 0 Å². The molecule has 2 aromatic rings. The van der Waals surface area contributed by atoms with E-state index in [0.29, 0.717) is 31.4 Å². The maximum absolute atomic E-state index is 12.1. The van der Waals surface area contributed by atoms with E-state index in [2.05, 4.69) is 52.0 Å². The number of nitrogens with zero attached hydrogens (tertiary/aromatic N) is 2. The Morgan fingerprint density at radius 2 is 1.75 bits per heavy atom. The largest absolute Gasteiger partial charge is 0.381 e. The molecule has 6 heteroatoms. The van der Waals surface area contributed by atoms with Gasteiger partial charge < -0.3 is 15.4 Å². The Morgan fingerprint density at radius 1 is 1.08 bits per heavy atom. The number of rotatable bonds is 5. The molecule has 126 valence electrons. The number of nitrogens with one attached hydrogen (secondary N) is 2. The van der Waals surface area contributed by atoms with E-state index in [1.165, 1.54) is 11.1 Å². The molecule has 0 aliphatic carbocycles. The average molecular weight is 326 g/mol. The van der Waals surface area contributed by atoms with Crippen molar-refractivity contribution >= 4 is 17.5 Å². The van der Waals surface area contributed by atoms with Crippen molar-refractivity contribution in [3.8, 4) is 0 Å². The summed E-state index contributed by atoms with van der Waals surface area (Å²) in [5.41, 5.74) is 2.42. The molecule has 1 aromatic carbocycles. The molecule has 0 bridgehead atoms. The Morgan fingerprint density at radius 3 is 2.42 bits per heavy atom. The molecule has 0 spiro atoms. The topological polar surface area (TPSA) is 76.1 Å². The lowest BCUT2D eigenvalue weighted by atomic mass is 9.99. The molecular formula is C18H22N4O2. The van der Waals surface area contributed by atoms with E-state index in [9.17, 15) is 4.79 Å². The molecule has 1 fully saturated rings. The van der Waals surface area contributed by atoms with Crippen molar-refractivity contribution in [2.24, 2.45) is 5.92 Å². The molecule has 6 nitrogen and oxygen atoms in total. The summed E-state index contributed by atoms with van der Waals surface area (Å²) in [5.74, 6) is 1.15. The molecule has 1 amide bonds. The number of amides is 1. The van der Waals surface area contributed by atoms with Crippen LogP contribution in [0.15, 0.2) is 36.4 Å². The van der Waals surface area contributed by atoms with E-state index in [-0.39, 0.29) is 11.8 Å². The van der Waals surface area contributed by atoms with Crippen molar-refractivity contribution in [3.63, 3.8) is 0 Å². The Bertz CT molecular complexity index is 664. The van der Waals surface area contributed by atoms with Crippen LogP contribution in [0.1, 0.15) is 24.0 Å². The SMILES string of the molecule is Cc1ccc(CNc2ccc(NC(=O)C3CCOCC3)nn2)cc1. The van der Waals surface area contributed by atoms with E-state index in [4.69, 9.17) is 4.74 Å². The highest BCUT2D eigenvalue weighted by molar-refractivity contribution is 5.91. The summed E-state index contributed by atoms with van der Waals surface area (Å²) in [6.45, 7) is 4.04. The van der Waals surface area contributed by atoms with Crippen LogP contribution in [0, 0.1) is 12.8 Å². The second kappa shape index (κ2) is 7.88. The Hall–Kier alpha value is -2.47. The van der Waals surface area contributed by atoms with Gasteiger partial charge in [0.2, 0.25) is 5.91 Å². The van der Waals surface area contributed by atoms with Crippen LogP contribution >= 0.6 is 0 Å². The van der Waals surface area contributed by atoms with Gasteiger partial charge in [0.15, 0.2) is 5.82 Å². The second-order valence-corrected chi connectivity index (χ2v) is 6.02. The minimum absolute atomic E-state index is 0.000103. The minimum Gasteiger partial charge on any atom is -0.381 e. The van der Waals surface area contributed by atoms with Crippen molar-refractivity contribution in [1.82, 2.24) is 10.2 Å². The maximum Gasteiger partial charge on any atom is 0.228 e. The zero-order valence-electron chi connectivity index (χ0n) is 13.8. The summed E-state index contributed by atoms with van der Waals surface area (Å²) in [5, 5.41) is 14.2. The van der Waals surface area contributed by atoms with Gasteiger partial charge in [-0.15, -0.1) is 10.2 Å². The quantitative estimate of drug-likeness (QED) is 0.883. The number of benzene rings is 1. The first kappa shape index (κ1) is 16.4. The Kier molecular flexibility index (Phi) is 5.38. The molecule has 1 aliphatic heterocycles. The number of hydrogen-bond donors (Lipinski definition) is 2. The van der Waals surface area contributed by atoms with Crippen LogP contribution in [0.5, 0.6) is 0 Å². The highest BCUT2D eigenvalue weighted by Crippen LogP contribution is 2.17. The van der Waals surface area contributed by atoms with Crippen LogP contribution in [0.4, 0.5) is 11.6 Å². The summed E-state index contributed by atoms with van der Waals surface area (Å²) in [7, 11) is 0. The molecule has 0 unspecified atom stereocenters. The van der Waals surface area contributed by atoms with Gasteiger partial charge in [-0.05, 0) is 37.5 Å². The van der Waals surface area contributed by atoms with Crippen LogP contribution in [0.3, 0.4) is 0 Å². The molecule has 24 heavy (non-hydrogen) atoms. The molecule has 1 aromatic heterocycles. The van der Waals surface area contributed by atoms with Gasteiger partial charge in [-0.1, -0.05) is 29.8 Å². The van der Waals surface area contributed by atoms with Crippen LogP contribution in [-0.2, 0) is 16.1 Å². The molecule has 3 rings (SSSR count). The summed E-state index contributed by atoms with van der Waals surface area (Å²) >= 11 is 0. The molecule has 1 aliphatic rings. The van der Waals surface area contributed by atoms with Gasteiger partial charge in [-0.3, -0.25) is 4.79 Å². The maximum atomic E-state index is 12.1. The molecule has 0 saturated carbocycles. The molecule has 2 heterocycles. The average Bonchev–Trinajstić information content (AvgIpc) is 2.63. The summed E-state index contributed by atoms with van der Waals surface area (Å²) in [6, 6.07) is 11.9. The van der Waals surface area contributed by atoms with Crippen LogP contribution in [0.2, 0.25) is 0 Å². The third-order valence-corrected chi connectivity index (χ3v) is 4.10. The standard InChI is InChI=1S/C18H22N4O2/c1-13-2-4-14(5-3-13)12-19-16-6-7-17(22-21-16)20-18(23)15-8-10-24-11-9-15/h2-7,15H,8-12H2,1H3,(H,19,21)(H,20,22,23). The highest BCUT2D eigenvalue weighted by atomic mass is 16.5. The normalized spacial score (nSPS) is 15.0. The zero-order valence-corrected chi connectivity index (χ0v) is 13.8. The summed E-state index contributed by atoms with van der Waals surface area (Å²) < 4.78 is 5.27. The first-order valence-corrected chi connectivity index (χ1v) is 8.22. The van der Waals surface area contributed by atoms with Crippen molar-refractivity contribution in [1.29, 1.82) is 0 Å². The highest BCUT2D eigenvalue weighted by Gasteiger charge is 2.21. The third-order valence-electron chi connectivity index (χ3n) is 4.10. The second-order valence-electron chi connectivity index (χ2n) is 6.02. The molecule has 0 radical (unpaired) electrons. The van der Waals surface area contributed by atoms with Gasteiger partial charge in [0.05, 0.1) is 0 Å². The molecular weight excluding hydrogens is 304 g/mol. The number of hydrogen-bond acceptors (Lipinski definition) is 5. The van der Waals surface area contributed by atoms with Crippen molar-refractivity contribution in [2.75, 3.05) is 23.8 Å². The van der Waals surface area contributed by atoms with Crippen LogP contribution in [0.25, 0.3) is 0 Å². The molecule has 0 atom stereocenters. The van der Waals surface area contributed by atoms with Gasteiger partial charge >= 0.3 is 0 Å². The van der Waals surface area contributed by atoms with Gasteiger partial charge in [-0.2, -0.15) is 0 Å². The molecule has 1 saturated heterocycles. The number of aryl methyl sites for hydroxylation is 1. The van der Waals surface area contributed by atoms with Gasteiger partial charge in [-0.25, -0.2) is 0 Å². The van der Waals surface area contributed by atoms with Crippen molar-refractivity contribution < 1.29 is 9.53 Å². The zero-order chi connectivity index (χ0) is 16.8.